The molecule has 7 nitrogen and oxygen atoms in total. The normalized spacial score (nSPS) is 18.7. The van der Waals surface area contributed by atoms with Gasteiger partial charge >= 0.3 is 0 Å². The standard InChI is InChI=1S/C17H21FN4O3S.HI/c1-19-17(22-15-7-9-26(23,24)11-15)20-8-6-14-10-25-16(21-14)12-2-4-13(18)5-3-12;/h2-5,10,15H,6-9,11H2,1H3,(H2,19,20,22);1H. The second kappa shape index (κ2) is 9.49. The second-order valence-corrected chi connectivity index (χ2v) is 8.37. The highest BCUT2D eigenvalue weighted by Crippen LogP contribution is 2.19. The Labute approximate surface area is 174 Å². The molecule has 2 heterocycles. The number of sulfone groups is 1. The van der Waals surface area contributed by atoms with Crippen LogP contribution in [0.25, 0.3) is 11.5 Å². The molecule has 0 amide bonds. The zero-order chi connectivity index (χ0) is 18.6. The summed E-state index contributed by atoms with van der Waals surface area (Å²) in [4.78, 5) is 8.50. The van der Waals surface area contributed by atoms with Crippen LogP contribution >= 0.6 is 24.0 Å². The molecule has 1 aromatic heterocycles. The summed E-state index contributed by atoms with van der Waals surface area (Å²) in [5, 5.41) is 6.27. The summed E-state index contributed by atoms with van der Waals surface area (Å²) in [6.45, 7) is 0.564. The molecule has 0 saturated carbocycles. The van der Waals surface area contributed by atoms with Crippen LogP contribution in [-0.4, -0.2) is 50.5 Å². The van der Waals surface area contributed by atoms with E-state index in [-0.39, 0.29) is 47.3 Å². The van der Waals surface area contributed by atoms with E-state index >= 15 is 0 Å². The summed E-state index contributed by atoms with van der Waals surface area (Å²) in [6, 6.07) is 5.84. The first-order chi connectivity index (χ1) is 12.4. The Morgan fingerprint density at radius 1 is 1.37 bits per heavy atom. The highest BCUT2D eigenvalue weighted by Gasteiger charge is 2.28. The van der Waals surface area contributed by atoms with Crippen molar-refractivity contribution in [2.24, 2.45) is 4.99 Å². The van der Waals surface area contributed by atoms with Crippen molar-refractivity contribution in [3.63, 3.8) is 0 Å². The van der Waals surface area contributed by atoms with E-state index in [1.54, 1.807) is 25.4 Å². The fraction of sp³-hybridized carbons (Fsp3) is 0.412. The topological polar surface area (TPSA) is 96.6 Å². The SMILES string of the molecule is CN=C(NCCc1coc(-c2ccc(F)cc2)n1)NC1CCS(=O)(=O)C1.I. The van der Waals surface area contributed by atoms with Crippen molar-refractivity contribution in [1.82, 2.24) is 15.6 Å². The minimum atomic E-state index is -2.93. The van der Waals surface area contributed by atoms with Crippen LogP contribution in [0.3, 0.4) is 0 Å². The van der Waals surface area contributed by atoms with E-state index in [4.69, 9.17) is 4.42 Å². The molecule has 0 aliphatic carbocycles. The molecule has 10 heteroatoms. The van der Waals surface area contributed by atoms with Crippen LogP contribution in [0, 0.1) is 5.82 Å². The van der Waals surface area contributed by atoms with Crippen LogP contribution in [-0.2, 0) is 16.3 Å². The summed E-state index contributed by atoms with van der Waals surface area (Å²) < 4.78 is 41.4. The maximum absolute atomic E-state index is 13.0. The summed E-state index contributed by atoms with van der Waals surface area (Å²) >= 11 is 0. The van der Waals surface area contributed by atoms with Gasteiger partial charge in [0.2, 0.25) is 5.89 Å². The Bertz CT molecular complexity index is 884. The lowest BCUT2D eigenvalue weighted by Gasteiger charge is -2.15. The van der Waals surface area contributed by atoms with Gasteiger partial charge in [0, 0.05) is 31.6 Å². The molecule has 1 saturated heterocycles. The smallest absolute Gasteiger partial charge is 0.226 e. The molecule has 0 radical (unpaired) electrons. The third-order valence-corrected chi connectivity index (χ3v) is 5.88. The molecular formula is C17H22FIN4O3S. The molecule has 1 aromatic carbocycles. The molecule has 27 heavy (non-hydrogen) atoms. The molecule has 1 fully saturated rings. The summed E-state index contributed by atoms with van der Waals surface area (Å²) in [5.41, 5.74) is 1.47. The van der Waals surface area contributed by atoms with Gasteiger partial charge in [-0.1, -0.05) is 0 Å². The van der Waals surface area contributed by atoms with Crippen LogP contribution in [0.2, 0.25) is 0 Å². The summed E-state index contributed by atoms with van der Waals surface area (Å²) in [6.07, 6.45) is 2.77. The molecule has 2 N–H and O–H groups in total. The highest BCUT2D eigenvalue weighted by molar-refractivity contribution is 14.0. The van der Waals surface area contributed by atoms with Crippen LogP contribution in [0.15, 0.2) is 39.9 Å². The van der Waals surface area contributed by atoms with Gasteiger partial charge in [0.1, 0.15) is 12.1 Å². The van der Waals surface area contributed by atoms with E-state index in [9.17, 15) is 12.8 Å². The molecule has 1 aliphatic rings. The predicted octanol–water partition coefficient (Wildman–Crippen LogP) is 1.99. The zero-order valence-electron chi connectivity index (χ0n) is 14.8. The number of nitrogens with one attached hydrogen (secondary N) is 2. The minimum Gasteiger partial charge on any atom is -0.444 e. The average Bonchev–Trinajstić information content (AvgIpc) is 3.21. The Morgan fingerprint density at radius 3 is 2.74 bits per heavy atom. The van der Waals surface area contributed by atoms with E-state index in [2.05, 4.69) is 20.6 Å². The van der Waals surface area contributed by atoms with Gasteiger partial charge in [0.25, 0.3) is 0 Å². The average molecular weight is 508 g/mol. The number of aromatic nitrogens is 1. The van der Waals surface area contributed by atoms with Crippen molar-refractivity contribution >= 4 is 39.8 Å². The van der Waals surface area contributed by atoms with Gasteiger partial charge in [0.05, 0.1) is 17.2 Å². The molecule has 0 bridgehead atoms. The number of nitrogens with zero attached hydrogens (tertiary/aromatic N) is 2. The number of aliphatic imine (C=N–C) groups is 1. The Balaban J connectivity index is 0.00000261. The van der Waals surface area contributed by atoms with Crippen LogP contribution in [0.4, 0.5) is 4.39 Å². The van der Waals surface area contributed by atoms with E-state index in [0.717, 1.165) is 5.69 Å². The number of oxazole rings is 1. The molecule has 1 atom stereocenters. The first kappa shape index (κ1) is 21.6. The quantitative estimate of drug-likeness (QED) is 0.365. The Hall–Kier alpha value is -1.69. The van der Waals surface area contributed by atoms with Crippen molar-refractivity contribution in [2.45, 2.75) is 18.9 Å². The largest absolute Gasteiger partial charge is 0.444 e. The Kier molecular flexibility index (Phi) is 7.59. The lowest BCUT2D eigenvalue weighted by atomic mass is 10.2. The minimum absolute atomic E-state index is 0. The number of benzene rings is 1. The van der Waals surface area contributed by atoms with Crippen molar-refractivity contribution in [3.05, 3.63) is 42.0 Å². The van der Waals surface area contributed by atoms with Gasteiger partial charge in [-0.3, -0.25) is 4.99 Å². The first-order valence-corrected chi connectivity index (χ1v) is 10.2. The molecular weight excluding hydrogens is 486 g/mol. The molecule has 2 aromatic rings. The van der Waals surface area contributed by atoms with E-state index < -0.39 is 9.84 Å². The lowest BCUT2D eigenvalue weighted by molar-refractivity contribution is 0.571. The van der Waals surface area contributed by atoms with Crippen molar-refractivity contribution < 1.29 is 17.2 Å². The fourth-order valence-corrected chi connectivity index (χ4v) is 4.43. The van der Waals surface area contributed by atoms with Gasteiger partial charge in [0.15, 0.2) is 15.8 Å². The molecule has 3 rings (SSSR count). The predicted molar refractivity (Wildman–Crippen MR) is 113 cm³/mol. The monoisotopic (exact) mass is 508 g/mol. The number of rotatable bonds is 5. The lowest BCUT2D eigenvalue weighted by Crippen LogP contribution is -2.44. The summed E-state index contributed by atoms with van der Waals surface area (Å²) in [5.74, 6) is 1.05. The van der Waals surface area contributed by atoms with Crippen LogP contribution < -0.4 is 10.6 Å². The van der Waals surface area contributed by atoms with Gasteiger partial charge in [-0.2, -0.15) is 0 Å². The maximum atomic E-state index is 13.0. The summed E-state index contributed by atoms with van der Waals surface area (Å²) in [7, 11) is -1.29. The third kappa shape index (κ3) is 6.16. The van der Waals surface area contributed by atoms with Crippen molar-refractivity contribution in [2.75, 3.05) is 25.1 Å². The highest BCUT2D eigenvalue weighted by atomic mass is 127. The Morgan fingerprint density at radius 2 is 2.11 bits per heavy atom. The van der Waals surface area contributed by atoms with E-state index in [0.29, 0.717) is 36.8 Å². The first-order valence-electron chi connectivity index (χ1n) is 8.33. The molecule has 0 spiro atoms. The van der Waals surface area contributed by atoms with Gasteiger partial charge in [-0.15, -0.1) is 24.0 Å². The third-order valence-electron chi connectivity index (χ3n) is 4.11. The second-order valence-electron chi connectivity index (χ2n) is 6.14. The zero-order valence-corrected chi connectivity index (χ0v) is 18.0. The molecule has 1 unspecified atom stereocenters. The van der Waals surface area contributed by atoms with Gasteiger partial charge in [-0.05, 0) is 30.7 Å². The van der Waals surface area contributed by atoms with Crippen molar-refractivity contribution in [3.8, 4) is 11.5 Å². The van der Waals surface area contributed by atoms with E-state index in [1.165, 1.54) is 12.1 Å². The molecule has 148 valence electrons. The number of hydrogen-bond acceptors (Lipinski definition) is 5. The van der Waals surface area contributed by atoms with Gasteiger partial charge in [-0.25, -0.2) is 17.8 Å². The van der Waals surface area contributed by atoms with Gasteiger partial charge < -0.3 is 15.1 Å². The van der Waals surface area contributed by atoms with E-state index in [1.807, 2.05) is 0 Å². The number of guanidine groups is 1. The maximum Gasteiger partial charge on any atom is 0.226 e. The molecule has 1 aliphatic heterocycles. The van der Waals surface area contributed by atoms with Crippen molar-refractivity contribution in [1.29, 1.82) is 0 Å². The fourth-order valence-electron chi connectivity index (χ4n) is 2.75. The van der Waals surface area contributed by atoms with Crippen LogP contribution in [0.5, 0.6) is 0 Å². The van der Waals surface area contributed by atoms with Crippen LogP contribution in [0.1, 0.15) is 12.1 Å². The number of hydrogen-bond donors (Lipinski definition) is 2. The number of halogens is 2.